The monoisotopic (exact) mass is 351 g/mol. The molecule has 2 heterocycles. The Morgan fingerprint density at radius 3 is 2.23 bits per heavy atom. The topological polar surface area (TPSA) is 97.8 Å². The zero-order valence-electron chi connectivity index (χ0n) is 15.3. The van der Waals surface area contributed by atoms with Crippen LogP contribution < -0.4 is 16.4 Å². The normalized spacial score (nSPS) is 19.4. The summed E-state index contributed by atoms with van der Waals surface area (Å²) in [6.45, 7) is 4.05. The van der Waals surface area contributed by atoms with E-state index in [1.54, 1.807) is 0 Å². The number of aromatic nitrogens is 2. The highest BCUT2D eigenvalue weighted by Crippen LogP contribution is 2.39. The van der Waals surface area contributed by atoms with E-state index in [0.29, 0.717) is 5.96 Å². The van der Waals surface area contributed by atoms with Gasteiger partial charge in [0.1, 0.15) is 5.66 Å². The lowest BCUT2D eigenvalue weighted by atomic mass is 9.87. The van der Waals surface area contributed by atoms with E-state index in [0.717, 1.165) is 48.4 Å². The molecular formula is C19H25N7. The van der Waals surface area contributed by atoms with Crippen LogP contribution in [-0.2, 0) is 0 Å². The second kappa shape index (κ2) is 6.16. The van der Waals surface area contributed by atoms with Crippen LogP contribution in [0.5, 0.6) is 0 Å². The van der Waals surface area contributed by atoms with Gasteiger partial charge in [-0.2, -0.15) is 10.1 Å². The third-order valence-electron chi connectivity index (χ3n) is 5.21. The number of benzene rings is 1. The molecule has 7 nitrogen and oxygen atoms in total. The Hall–Kier alpha value is -2.83. The van der Waals surface area contributed by atoms with Gasteiger partial charge in [0, 0.05) is 11.4 Å². The number of hydrogen-bond donors (Lipinski definition) is 2. The summed E-state index contributed by atoms with van der Waals surface area (Å²) in [4.78, 5) is 11.0. The smallest absolute Gasteiger partial charge is 0.220 e. The fourth-order valence-electron chi connectivity index (χ4n) is 4.13. The number of aliphatic imine (C=N–C) groups is 2. The van der Waals surface area contributed by atoms with Crippen molar-refractivity contribution in [1.82, 2.24) is 9.78 Å². The molecule has 2 aromatic rings. The summed E-state index contributed by atoms with van der Waals surface area (Å²) >= 11 is 0. The van der Waals surface area contributed by atoms with Gasteiger partial charge in [-0.15, -0.1) is 0 Å². The van der Waals surface area contributed by atoms with Gasteiger partial charge in [-0.3, -0.25) is 4.90 Å². The van der Waals surface area contributed by atoms with E-state index in [2.05, 4.69) is 47.3 Å². The second-order valence-electron chi connectivity index (χ2n) is 7.17. The summed E-state index contributed by atoms with van der Waals surface area (Å²) < 4.78 is 1.94. The minimum absolute atomic E-state index is 0.278. The lowest BCUT2D eigenvalue weighted by molar-refractivity contribution is 0.305. The molecule has 1 saturated carbocycles. The fraction of sp³-hybridized carbons (Fsp3) is 0.421. The maximum atomic E-state index is 6.28. The third-order valence-corrected chi connectivity index (χ3v) is 5.21. The summed E-state index contributed by atoms with van der Waals surface area (Å²) in [5.41, 5.74) is 15.9. The number of nitrogens with two attached hydrogens (primary N) is 2. The molecule has 1 fully saturated rings. The highest BCUT2D eigenvalue weighted by Gasteiger charge is 2.42. The molecule has 0 bridgehead atoms. The molecular weight excluding hydrogens is 326 g/mol. The maximum absolute atomic E-state index is 6.28. The van der Waals surface area contributed by atoms with Crippen molar-refractivity contribution >= 4 is 17.6 Å². The first-order valence-electron chi connectivity index (χ1n) is 9.12. The third kappa shape index (κ3) is 2.73. The fourth-order valence-corrected chi connectivity index (χ4v) is 4.13. The van der Waals surface area contributed by atoms with Gasteiger partial charge in [0.25, 0.3) is 0 Å². The van der Waals surface area contributed by atoms with Crippen LogP contribution in [0.2, 0.25) is 0 Å². The van der Waals surface area contributed by atoms with Crippen molar-refractivity contribution in [3.05, 3.63) is 41.7 Å². The van der Waals surface area contributed by atoms with Gasteiger partial charge < -0.3 is 11.5 Å². The molecule has 0 radical (unpaired) electrons. The molecule has 0 amide bonds. The van der Waals surface area contributed by atoms with Crippen molar-refractivity contribution in [2.45, 2.75) is 51.6 Å². The molecule has 1 aliphatic heterocycles. The predicted molar refractivity (Wildman–Crippen MR) is 105 cm³/mol. The molecule has 4 rings (SSSR count). The average Bonchev–Trinajstić information content (AvgIpc) is 2.94. The minimum atomic E-state index is -0.409. The molecule has 0 atom stereocenters. The zero-order valence-corrected chi connectivity index (χ0v) is 15.3. The maximum Gasteiger partial charge on any atom is 0.220 e. The molecule has 0 unspecified atom stereocenters. The standard InChI is InChI=1S/C19H25N7/c1-13-12-14(2)26(24-13)16-8-6-15(7-9-16)25-18(21)22-17(20)23-19(25)10-4-3-5-11-19/h6-9,12H,3-5,10-11H2,1-2H3,(H4,20,21,22,23). The molecule has 1 aliphatic carbocycles. The van der Waals surface area contributed by atoms with E-state index in [9.17, 15) is 0 Å². The molecule has 26 heavy (non-hydrogen) atoms. The van der Waals surface area contributed by atoms with Gasteiger partial charge in [-0.05, 0) is 69.9 Å². The largest absolute Gasteiger partial charge is 0.369 e. The number of nitrogens with zero attached hydrogens (tertiary/aromatic N) is 5. The highest BCUT2D eigenvalue weighted by molar-refractivity contribution is 6.05. The number of anilines is 1. The van der Waals surface area contributed by atoms with E-state index in [4.69, 9.17) is 16.5 Å². The lowest BCUT2D eigenvalue weighted by Crippen LogP contribution is -2.58. The van der Waals surface area contributed by atoms with Crippen LogP contribution in [0.15, 0.2) is 40.3 Å². The Labute approximate surface area is 153 Å². The Morgan fingerprint density at radius 2 is 1.62 bits per heavy atom. The van der Waals surface area contributed by atoms with Crippen molar-refractivity contribution in [2.75, 3.05) is 4.90 Å². The first kappa shape index (κ1) is 16.6. The van der Waals surface area contributed by atoms with E-state index < -0.39 is 5.66 Å². The predicted octanol–water partition coefficient (Wildman–Crippen LogP) is 2.60. The summed E-state index contributed by atoms with van der Waals surface area (Å²) in [5.74, 6) is 0.693. The molecule has 7 heteroatoms. The number of rotatable bonds is 2. The second-order valence-corrected chi connectivity index (χ2v) is 7.17. The first-order chi connectivity index (χ1) is 12.5. The van der Waals surface area contributed by atoms with E-state index in [1.165, 1.54) is 6.42 Å². The van der Waals surface area contributed by atoms with Crippen LogP contribution in [-0.4, -0.2) is 27.4 Å². The van der Waals surface area contributed by atoms with E-state index >= 15 is 0 Å². The molecule has 2 aliphatic rings. The average molecular weight is 351 g/mol. The first-order valence-corrected chi connectivity index (χ1v) is 9.12. The van der Waals surface area contributed by atoms with Crippen molar-refractivity contribution in [3.63, 3.8) is 0 Å². The summed E-state index contributed by atoms with van der Waals surface area (Å²) in [5, 5.41) is 4.55. The Kier molecular flexibility index (Phi) is 3.94. The van der Waals surface area contributed by atoms with Crippen molar-refractivity contribution in [1.29, 1.82) is 0 Å². The molecule has 1 aromatic heterocycles. The van der Waals surface area contributed by atoms with Crippen LogP contribution in [0, 0.1) is 13.8 Å². The number of guanidine groups is 2. The van der Waals surface area contributed by atoms with Crippen LogP contribution in [0.25, 0.3) is 5.69 Å². The van der Waals surface area contributed by atoms with Gasteiger partial charge in [0.2, 0.25) is 11.9 Å². The molecule has 0 saturated heterocycles. The lowest BCUT2D eigenvalue weighted by Gasteiger charge is -2.45. The Balaban J connectivity index is 1.71. The van der Waals surface area contributed by atoms with E-state index in [-0.39, 0.29) is 5.96 Å². The Morgan fingerprint density at radius 1 is 0.962 bits per heavy atom. The minimum Gasteiger partial charge on any atom is -0.369 e. The van der Waals surface area contributed by atoms with Crippen LogP contribution in [0.4, 0.5) is 5.69 Å². The molecule has 1 aromatic carbocycles. The van der Waals surface area contributed by atoms with Gasteiger partial charge in [0.05, 0.1) is 11.4 Å². The van der Waals surface area contributed by atoms with Crippen molar-refractivity contribution < 1.29 is 0 Å². The van der Waals surface area contributed by atoms with Crippen molar-refractivity contribution in [2.24, 2.45) is 21.5 Å². The molecule has 136 valence electrons. The van der Waals surface area contributed by atoms with Gasteiger partial charge in [0.15, 0.2) is 0 Å². The quantitative estimate of drug-likeness (QED) is 0.869. The number of hydrogen-bond acceptors (Lipinski definition) is 6. The zero-order chi connectivity index (χ0) is 18.3. The van der Waals surface area contributed by atoms with Crippen molar-refractivity contribution in [3.8, 4) is 5.69 Å². The van der Waals surface area contributed by atoms with Gasteiger partial charge in [-0.25, -0.2) is 9.67 Å². The van der Waals surface area contributed by atoms with Crippen LogP contribution in [0.1, 0.15) is 43.5 Å². The SMILES string of the molecule is Cc1cc(C)n(-c2ccc(N3C(N)=NC(N)=NC34CCCCC4)cc2)n1. The highest BCUT2D eigenvalue weighted by atomic mass is 15.4. The number of aryl methyl sites for hydroxylation is 2. The molecule has 1 spiro atoms. The summed E-state index contributed by atoms with van der Waals surface area (Å²) in [7, 11) is 0. The Bertz CT molecular complexity index is 870. The van der Waals surface area contributed by atoms with Crippen LogP contribution in [0.3, 0.4) is 0 Å². The van der Waals surface area contributed by atoms with Crippen LogP contribution >= 0.6 is 0 Å². The summed E-state index contributed by atoms with van der Waals surface area (Å²) in [6, 6.07) is 10.3. The summed E-state index contributed by atoms with van der Waals surface area (Å²) in [6.07, 6.45) is 5.32. The van der Waals surface area contributed by atoms with Gasteiger partial charge in [-0.1, -0.05) is 6.42 Å². The van der Waals surface area contributed by atoms with Gasteiger partial charge >= 0.3 is 0 Å². The van der Waals surface area contributed by atoms with E-state index in [1.807, 2.05) is 16.5 Å². The molecule has 4 N–H and O–H groups in total.